The van der Waals surface area contributed by atoms with Gasteiger partial charge in [0.05, 0.1) is 0 Å². The van der Waals surface area contributed by atoms with Gasteiger partial charge in [-0.1, -0.05) is 0 Å². The van der Waals surface area contributed by atoms with Crippen LogP contribution in [0.1, 0.15) is 19.5 Å². The van der Waals surface area contributed by atoms with Crippen LogP contribution in [0.5, 0.6) is 0 Å². The third-order valence-corrected chi connectivity index (χ3v) is 2.87. The van der Waals surface area contributed by atoms with Gasteiger partial charge < -0.3 is 10.2 Å². The predicted octanol–water partition coefficient (Wildman–Crippen LogP) is 0.973. The maximum absolute atomic E-state index is 4.35. The van der Waals surface area contributed by atoms with Gasteiger partial charge in [-0.05, 0) is 20.8 Å². The predicted molar refractivity (Wildman–Crippen MR) is 61.1 cm³/mol. The van der Waals surface area contributed by atoms with Crippen molar-refractivity contribution >= 4 is 5.82 Å². The van der Waals surface area contributed by atoms with Crippen molar-refractivity contribution in [2.45, 2.75) is 26.3 Å². The lowest BCUT2D eigenvalue weighted by Crippen LogP contribution is -2.58. The van der Waals surface area contributed by atoms with Crippen LogP contribution in [-0.2, 0) is 0 Å². The molecule has 1 aliphatic heterocycles. The lowest BCUT2D eigenvalue weighted by atomic mass is 10.0. The number of rotatable bonds is 1. The van der Waals surface area contributed by atoms with E-state index in [1.165, 1.54) is 0 Å². The molecular formula is C11H18N4. The average Bonchev–Trinajstić information content (AvgIpc) is 2.17. The van der Waals surface area contributed by atoms with Gasteiger partial charge in [0.15, 0.2) is 0 Å². The molecule has 15 heavy (non-hydrogen) atoms. The van der Waals surface area contributed by atoms with Gasteiger partial charge >= 0.3 is 0 Å². The normalized spacial score (nSPS) is 20.3. The zero-order valence-corrected chi connectivity index (χ0v) is 9.62. The highest BCUT2D eigenvalue weighted by molar-refractivity contribution is 5.42. The fourth-order valence-electron chi connectivity index (χ4n) is 2.00. The molecule has 1 saturated heterocycles. The van der Waals surface area contributed by atoms with Gasteiger partial charge in [-0.3, -0.25) is 0 Å². The fraction of sp³-hybridized carbons (Fsp3) is 0.636. The Kier molecular flexibility index (Phi) is 2.61. The number of hydrogen-bond acceptors (Lipinski definition) is 4. The number of nitrogens with zero attached hydrogens (tertiary/aromatic N) is 3. The number of piperazine rings is 1. The Labute approximate surface area is 90.7 Å². The molecule has 1 aromatic heterocycles. The fourth-order valence-corrected chi connectivity index (χ4v) is 2.00. The number of hydrogen-bond donors (Lipinski definition) is 1. The van der Waals surface area contributed by atoms with Crippen molar-refractivity contribution in [1.82, 2.24) is 15.3 Å². The van der Waals surface area contributed by atoms with E-state index in [0.717, 1.165) is 31.1 Å². The quantitative estimate of drug-likeness (QED) is 0.743. The van der Waals surface area contributed by atoms with Gasteiger partial charge in [0.25, 0.3) is 0 Å². The monoisotopic (exact) mass is 206 g/mol. The molecule has 0 amide bonds. The Morgan fingerprint density at radius 3 is 2.87 bits per heavy atom. The lowest BCUT2D eigenvalue weighted by molar-refractivity contribution is 0.377. The summed E-state index contributed by atoms with van der Waals surface area (Å²) in [6.45, 7) is 9.49. The highest BCUT2D eigenvalue weighted by Crippen LogP contribution is 2.23. The van der Waals surface area contributed by atoms with Crippen LogP contribution < -0.4 is 10.2 Å². The molecule has 0 saturated carbocycles. The Balaban J connectivity index is 2.29. The van der Waals surface area contributed by atoms with E-state index in [2.05, 4.69) is 34.0 Å². The summed E-state index contributed by atoms with van der Waals surface area (Å²) < 4.78 is 0. The van der Waals surface area contributed by atoms with Gasteiger partial charge in [0, 0.05) is 36.9 Å². The zero-order valence-electron chi connectivity index (χ0n) is 9.62. The summed E-state index contributed by atoms with van der Waals surface area (Å²) in [5, 5.41) is 3.40. The maximum atomic E-state index is 4.35. The standard InChI is InChI=1S/C11H18N4/c1-9-6-10(14-8-13-9)15-5-4-12-7-11(15,2)3/h6,8,12H,4-5,7H2,1-3H3. The van der Waals surface area contributed by atoms with Crippen LogP contribution in [0.4, 0.5) is 5.82 Å². The lowest BCUT2D eigenvalue weighted by Gasteiger charge is -2.43. The van der Waals surface area contributed by atoms with Crippen molar-refractivity contribution < 1.29 is 0 Å². The largest absolute Gasteiger partial charge is 0.349 e. The third-order valence-electron chi connectivity index (χ3n) is 2.87. The van der Waals surface area contributed by atoms with E-state index in [4.69, 9.17) is 0 Å². The molecular weight excluding hydrogens is 188 g/mol. The molecule has 1 N–H and O–H groups in total. The Bertz CT molecular complexity index is 348. The van der Waals surface area contributed by atoms with Crippen LogP contribution in [0.25, 0.3) is 0 Å². The van der Waals surface area contributed by atoms with Crippen molar-refractivity contribution in [2.75, 3.05) is 24.5 Å². The van der Waals surface area contributed by atoms with E-state index in [0.29, 0.717) is 0 Å². The molecule has 0 spiro atoms. The second kappa shape index (κ2) is 3.77. The van der Waals surface area contributed by atoms with Crippen LogP contribution in [0.3, 0.4) is 0 Å². The summed E-state index contributed by atoms with van der Waals surface area (Å²) in [4.78, 5) is 10.8. The number of anilines is 1. The highest BCUT2D eigenvalue weighted by atomic mass is 15.3. The number of nitrogens with one attached hydrogen (secondary N) is 1. The van der Waals surface area contributed by atoms with Crippen LogP contribution >= 0.6 is 0 Å². The SMILES string of the molecule is Cc1cc(N2CCNCC2(C)C)ncn1. The minimum Gasteiger partial charge on any atom is -0.349 e. The molecule has 4 heteroatoms. The molecule has 0 aromatic carbocycles. The van der Waals surface area contributed by atoms with E-state index in [9.17, 15) is 0 Å². The highest BCUT2D eigenvalue weighted by Gasteiger charge is 2.30. The van der Waals surface area contributed by atoms with E-state index in [1.807, 2.05) is 13.0 Å². The molecule has 1 aliphatic rings. The van der Waals surface area contributed by atoms with Gasteiger partial charge in [-0.2, -0.15) is 0 Å². The summed E-state index contributed by atoms with van der Waals surface area (Å²) in [7, 11) is 0. The second-order valence-corrected chi connectivity index (χ2v) is 4.66. The summed E-state index contributed by atoms with van der Waals surface area (Å²) in [5.41, 5.74) is 1.15. The Morgan fingerprint density at radius 1 is 1.40 bits per heavy atom. The van der Waals surface area contributed by atoms with Gasteiger partial charge in [-0.15, -0.1) is 0 Å². The van der Waals surface area contributed by atoms with E-state index in [-0.39, 0.29) is 5.54 Å². The van der Waals surface area contributed by atoms with Gasteiger partial charge in [0.1, 0.15) is 12.1 Å². The van der Waals surface area contributed by atoms with E-state index in [1.54, 1.807) is 6.33 Å². The van der Waals surface area contributed by atoms with Crippen LogP contribution in [0, 0.1) is 6.92 Å². The van der Waals surface area contributed by atoms with Gasteiger partial charge in [0.2, 0.25) is 0 Å². The summed E-state index contributed by atoms with van der Waals surface area (Å²) in [5.74, 6) is 1.04. The molecule has 82 valence electrons. The van der Waals surface area contributed by atoms with E-state index < -0.39 is 0 Å². The zero-order chi connectivity index (χ0) is 10.9. The molecule has 1 aromatic rings. The Hall–Kier alpha value is -1.16. The molecule has 0 bridgehead atoms. The van der Waals surface area contributed by atoms with E-state index >= 15 is 0 Å². The first-order valence-electron chi connectivity index (χ1n) is 5.37. The Morgan fingerprint density at radius 2 is 2.20 bits per heavy atom. The molecule has 0 atom stereocenters. The summed E-state index contributed by atoms with van der Waals surface area (Å²) >= 11 is 0. The van der Waals surface area contributed by atoms with Crippen molar-refractivity contribution in [2.24, 2.45) is 0 Å². The minimum absolute atomic E-state index is 0.124. The average molecular weight is 206 g/mol. The molecule has 0 unspecified atom stereocenters. The van der Waals surface area contributed by atoms with Gasteiger partial charge in [-0.25, -0.2) is 9.97 Å². The molecule has 0 aliphatic carbocycles. The molecule has 2 heterocycles. The first-order valence-corrected chi connectivity index (χ1v) is 5.37. The van der Waals surface area contributed by atoms with Crippen molar-refractivity contribution in [1.29, 1.82) is 0 Å². The number of aryl methyl sites for hydroxylation is 1. The molecule has 0 radical (unpaired) electrons. The smallest absolute Gasteiger partial charge is 0.132 e. The minimum atomic E-state index is 0.124. The van der Waals surface area contributed by atoms with Crippen molar-refractivity contribution in [3.8, 4) is 0 Å². The first kappa shape index (κ1) is 10.4. The van der Waals surface area contributed by atoms with Crippen LogP contribution in [-0.4, -0.2) is 35.1 Å². The first-order chi connectivity index (χ1) is 7.09. The topological polar surface area (TPSA) is 41.0 Å². The number of aromatic nitrogens is 2. The third kappa shape index (κ3) is 2.09. The molecule has 1 fully saturated rings. The second-order valence-electron chi connectivity index (χ2n) is 4.66. The summed E-state index contributed by atoms with van der Waals surface area (Å²) in [6.07, 6.45) is 1.64. The van der Waals surface area contributed by atoms with Crippen LogP contribution in [0.2, 0.25) is 0 Å². The summed E-state index contributed by atoms with van der Waals surface area (Å²) in [6, 6.07) is 2.05. The molecule has 2 rings (SSSR count). The van der Waals surface area contributed by atoms with Crippen LogP contribution in [0.15, 0.2) is 12.4 Å². The van der Waals surface area contributed by atoms with Crippen molar-refractivity contribution in [3.05, 3.63) is 18.1 Å². The van der Waals surface area contributed by atoms with Crippen molar-refractivity contribution in [3.63, 3.8) is 0 Å². The maximum Gasteiger partial charge on any atom is 0.132 e. The molecule has 4 nitrogen and oxygen atoms in total.